The molecule has 2 heterocycles. The van der Waals surface area contributed by atoms with Crippen molar-refractivity contribution in [3.8, 4) is 0 Å². The second kappa shape index (κ2) is 4.34. The lowest BCUT2D eigenvalue weighted by Crippen LogP contribution is -2.17. The van der Waals surface area contributed by atoms with Crippen molar-refractivity contribution in [2.75, 3.05) is 5.32 Å². The molecule has 0 spiro atoms. The third-order valence-electron chi connectivity index (χ3n) is 1.99. The first kappa shape index (κ1) is 11.3. The van der Waals surface area contributed by atoms with E-state index in [4.69, 9.17) is 5.73 Å². The van der Waals surface area contributed by atoms with Gasteiger partial charge >= 0.3 is 0 Å². The lowest BCUT2D eigenvalue weighted by Gasteiger charge is -2.01. The number of nitrogens with two attached hydrogens (primary N) is 1. The molecule has 0 bridgehead atoms. The highest BCUT2D eigenvalue weighted by Crippen LogP contribution is 2.13. The summed E-state index contributed by atoms with van der Waals surface area (Å²) in [6.45, 7) is 1.80. The molecular formula is C9H9N5O2S. The third kappa shape index (κ3) is 2.31. The number of nitrogens with zero attached hydrogens (tertiary/aromatic N) is 2. The number of hydrogen-bond donors (Lipinski definition) is 3. The number of aryl methyl sites for hydroxylation is 1. The first-order chi connectivity index (χ1) is 8.08. The number of hydrogen-bond acceptors (Lipinski definition) is 5. The summed E-state index contributed by atoms with van der Waals surface area (Å²) in [5, 5.41) is 11.0. The van der Waals surface area contributed by atoms with Gasteiger partial charge in [-0.3, -0.25) is 14.7 Å². The Morgan fingerprint density at radius 1 is 1.53 bits per heavy atom. The number of carbonyl (C=O) groups is 2. The molecule has 8 heteroatoms. The molecule has 0 radical (unpaired) electrons. The van der Waals surface area contributed by atoms with Gasteiger partial charge in [-0.15, -0.1) is 11.3 Å². The number of H-pyrrole nitrogens is 1. The molecule has 0 aliphatic heterocycles. The van der Waals surface area contributed by atoms with Gasteiger partial charge in [0, 0.05) is 5.38 Å². The molecule has 2 aromatic heterocycles. The van der Waals surface area contributed by atoms with E-state index in [0.717, 1.165) is 5.01 Å². The average molecular weight is 251 g/mol. The fourth-order valence-corrected chi connectivity index (χ4v) is 1.81. The van der Waals surface area contributed by atoms with E-state index < -0.39 is 11.8 Å². The minimum absolute atomic E-state index is 0.130. The summed E-state index contributed by atoms with van der Waals surface area (Å²) in [7, 11) is 0. The molecular weight excluding hydrogens is 242 g/mol. The van der Waals surface area contributed by atoms with Crippen LogP contribution in [0.4, 0.5) is 5.82 Å². The number of amides is 2. The first-order valence-corrected chi connectivity index (χ1v) is 5.52. The van der Waals surface area contributed by atoms with E-state index in [0.29, 0.717) is 0 Å². The van der Waals surface area contributed by atoms with Gasteiger partial charge in [-0.1, -0.05) is 0 Å². The third-order valence-corrected chi connectivity index (χ3v) is 2.77. The van der Waals surface area contributed by atoms with Crippen LogP contribution in [0.2, 0.25) is 0 Å². The van der Waals surface area contributed by atoms with Gasteiger partial charge in [-0.25, -0.2) is 4.98 Å². The number of aromatic nitrogens is 3. The van der Waals surface area contributed by atoms with Gasteiger partial charge in [0.25, 0.3) is 11.8 Å². The van der Waals surface area contributed by atoms with Crippen LogP contribution in [0, 0.1) is 6.92 Å². The average Bonchev–Trinajstić information content (AvgIpc) is 2.86. The van der Waals surface area contributed by atoms with Gasteiger partial charge in [0.1, 0.15) is 17.1 Å². The molecule has 0 unspecified atom stereocenters. The molecule has 88 valence electrons. The molecule has 2 aromatic rings. The van der Waals surface area contributed by atoms with E-state index in [1.165, 1.54) is 17.5 Å². The van der Waals surface area contributed by atoms with Crippen LogP contribution in [-0.2, 0) is 0 Å². The van der Waals surface area contributed by atoms with Crippen LogP contribution in [0.5, 0.6) is 0 Å². The maximum absolute atomic E-state index is 11.7. The number of thiazole rings is 1. The Balaban J connectivity index is 2.18. The molecule has 0 aromatic carbocycles. The maximum atomic E-state index is 11.7. The Bertz CT molecular complexity index is 573. The fraction of sp³-hybridized carbons (Fsp3) is 0.111. The predicted octanol–water partition coefficient (Wildman–Crippen LogP) is 0.526. The Labute approximate surface area is 100 Å². The van der Waals surface area contributed by atoms with Gasteiger partial charge in [-0.2, -0.15) is 5.10 Å². The molecule has 0 saturated carbocycles. The molecule has 4 N–H and O–H groups in total. The zero-order valence-corrected chi connectivity index (χ0v) is 9.67. The van der Waals surface area contributed by atoms with Crippen LogP contribution in [0.25, 0.3) is 0 Å². The summed E-state index contributed by atoms with van der Waals surface area (Å²) in [4.78, 5) is 26.8. The maximum Gasteiger partial charge on any atom is 0.276 e. The van der Waals surface area contributed by atoms with Crippen LogP contribution >= 0.6 is 11.3 Å². The lowest BCUT2D eigenvalue weighted by molar-refractivity contribution is 0.100. The zero-order chi connectivity index (χ0) is 12.4. The van der Waals surface area contributed by atoms with Crippen molar-refractivity contribution in [3.63, 3.8) is 0 Å². The number of rotatable bonds is 3. The Morgan fingerprint density at radius 2 is 2.29 bits per heavy atom. The molecule has 2 rings (SSSR count). The second-order valence-electron chi connectivity index (χ2n) is 3.23. The summed E-state index contributed by atoms with van der Waals surface area (Å²) < 4.78 is 0. The van der Waals surface area contributed by atoms with Crippen molar-refractivity contribution in [3.05, 3.63) is 27.8 Å². The zero-order valence-electron chi connectivity index (χ0n) is 8.85. The summed E-state index contributed by atoms with van der Waals surface area (Å²) in [5.41, 5.74) is 5.53. The van der Waals surface area contributed by atoms with E-state index in [9.17, 15) is 9.59 Å². The standard InChI is InChI=1S/C9H9N5O2S/c1-4-12-6(3-17-4)9(16)13-8-5(7(10)15)2-11-14-8/h2-3H,1H3,(H2,10,15)(H2,11,13,14,16). The number of nitrogens with one attached hydrogen (secondary N) is 2. The van der Waals surface area contributed by atoms with Crippen molar-refractivity contribution in [1.29, 1.82) is 0 Å². The topological polar surface area (TPSA) is 114 Å². The van der Waals surface area contributed by atoms with Crippen molar-refractivity contribution in [1.82, 2.24) is 15.2 Å². The molecule has 2 amide bonds. The van der Waals surface area contributed by atoms with Crippen molar-refractivity contribution in [2.24, 2.45) is 5.73 Å². The number of carbonyl (C=O) groups excluding carboxylic acids is 2. The number of primary amides is 1. The second-order valence-corrected chi connectivity index (χ2v) is 4.29. The number of anilines is 1. The molecule has 0 aliphatic rings. The monoisotopic (exact) mass is 251 g/mol. The SMILES string of the molecule is Cc1nc(C(=O)Nc2[nH]ncc2C(N)=O)cs1. The lowest BCUT2D eigenvalue weighted by atomic mass is 10.3. The van der Waals surface area contributed by atoms with Crippen LogP contribution in [0.3, 0.4) is 0 Å². The highest BCUT2D eigenvalue weighted by atomic mass is 32.1. The first-order valence-electron chi connectivity index (χ1n) is 4.64. The van der Waals surface area contributed by atoms with Crippen LogP contribution < -0.4 is 11.1 Å². The van der Waals surface area contributed by atoms with Crippen molar-refractivity contribution in [2.45, 2.75) is 6.92 Å². The number of aromatic amines is 1. The van der Waals surface area contributed by atoms with Crippen LogP contribution in [-0.4, -0.2) is 27.0 Å². The molecule has 17 heavy (non-hydrogen) atoms. The van der Waals surface area contributed by atoms with E-state index in [1.807, 2.05) is 0 Å². The van der Waals surface area contributed by atoms with Gasteiger partial charge in [0.05, 0.1) is 11.2 Å². The summed E-state index contributed by atoms with van der Waals surface area (Å²) in [6.07, 6.45) is 1.25. The van der Waals surface area contributed by atoms with E-state index in [-0.39, 0.29) is 17.1 Å². The normalized spacial score (nSPS) is 10.2. The van der Waals surface area contributed by atoms with Crippen molar-refractivity contribution < 1.29 is 9.59 Å². The van der Waals surface area contributed by atoms with Crippen molar-refractivity contribution >= 4 is 29.0 Å². The summed E-state index contributed by atoms with van der Waals surface area (Å²) in [5.74, 6) is -0.905. The minimum Gasteiger partial charge on any atom is -0.365 e. The molecule has 0 aliphatic carbocycles. The molecule has 0 atom stereocenters. The minimum atomic E-state index is -0.663. The fourth-order valence-electron chi connectivity index (χ4n) is 1.21. The molecule has 7 nitrogen and oxygen atoms in total. The molecule has 0 saturated heterocycles. The molecule has 0 fully saturated rings. The van der Waals surface area contributed by atoms with Gasteiger partial charge in [-0.05, 0) is 6.92 Å². The van der Waals surface area contributed by atoms with E-state index in [2.05, 4.69) is 20.5 Å². The summed E-state index contributed by atoms with van der Waals surface area (Å²) in [6, 6.07) is 0. The van der Waals surface area contributed by atoms with E-state index in [1.54, 1.807) is 12.3 Å². The highest BCUT2D eigenvalue weighted by Gasteiger charge is 2.15. The summed E-state index contributed by atoms with van der Waals surface area (Å²) >= 11 is 1.37. The Morgan fingerprint density at radius 3 is 2.88 bits per heavy atom. The van der Waals surface area contributed by atoms with Gasteiger partial charge in [0.2, 0.25) is 0 Å². The van der Waals surface area contributed by atoms with Crippen LogP contribution in [0.1, 0.15) is 25.9 Å². The highest BCUT2D eigenvalue weighted by molar-refractivity contribution is 7.09. The Kier molecular flexibility index (Phi) is 2.88. The predicted molar refractivity (Wildman–Crippen MR) is 61.9 cm³/mol. The van der Waals surface area contributed by atoms with Crippen LogP contribution in [0.15, 0.2) is 11.6 Å². The van der Waals surface area contributed by atoms with Gasteiger partial charge < -0.3 is 11.1 Å². The largest absolute Gasteiger partial charge is 0.365 e. The Hall–Kier alpha value is -2.22. The van der Waals surface area contributed by atoms with Gasteiger partial charge in [0.15, 0.2) is 0 Å². The quantitative estimate of drug-likeness (QED) is 0.738. The smallest absolute Gasteiger partial charge is 0.276 e. The van der Waals surface area contributed by atoms with E-state index >= 15 is 0 Å².